The highest BCUT2D eigenvalue weighted by Gasteiger charge is 2.18. The quantitative estimate of drug-likeness (QED) is 0.742. The van der Waals surface area contributed by atoms with E-state index < -0.39 is 11.6 Å². The predicted octanol–water partition coefficient (Wildman–Crippen LogP) is 1.23. The molecule has 1 rings (SSSR count). The van der Waals surface area contributed by atoms with Gasteiger partial charge in [-0.15, -0.1) is 10.2 Å². The van der Waals surface area contributed by atoms with Crippen molar-refractivity contribution in [2.45, 2.75) is 32.3 Å². The van der Waals surface area contributed by atoms with Crippen LogP contribution in [0.1, 0.15) is 37.2 Å². The predicted molar refractivity (Wildman–Crippen MR) is 67.4 cm³/mol. The van der Waals surface area contributed by atoms with Gasteiger partial charge in [-0.05, 0) is 25.5 Å². The van der Waals surface area contributed by atoms with Gasteiger partial charge in [0.2, 0.25) is 0 Å². The number of nitrogens with zero attached hydrogens (tertiary/aromatic N) is 2. The number of aromatic nitrogens is 2. The van der Waals surface area contributed by atoms with Crippen molar-refractivity contribution in [2.75, 3.05) is 19.0 Å². The number of hydrogen-bond donors (Lipinski definition) is 2. The van der Waals surface area contributed by atoms with Crippen molar-refractivity contribution in [1.29, 1.82) is 0 Å². The molecule has 1 unspecified atom stereocenters. The summed E-state index contributed by atoms with van der Waals surface area (Å²) in [5.74, 6) is -0.00828. The second-order valence-corrected chi connectivity index (χ2v) is 4.40. The van der Waals surface area contributed by atoms with E-state index in [4.69, 9.17) is 0 Å². The molecule has 0 aliphatic heterocycles. The van der Waals surface area contributed by atoms with Crippen molar-refractivity contribution in [3.05, 3.63) is 17.8 Å². The van der Waals surface area contributed by atoms with Crippen LogP contribution in [0.5, 0.6) is 0 Å². The maximum atomic E-state index is 11.1. The zero-order valence-electron chi connectivity index (χ0n) is 10.9. The molecule has 0 aromatic carbocycles. The molecule has 0 amide bonds. The van der Waals surface area contributed by atoms with Crippen molar-refractivity contribution in [3.63, 3.8) is 0 Å². The van der Waals surface area contributed by atoms with Crippen LogP contribution in [0.25, 0.3) is 0 Å². The molecule has 0 fully saturated rings. The van der Waals surface area contributed by atoms with Gasteiger partial charge in [-0.1, -0.05) is 13.3 Å². The number of anilines is 1. The maximum absolute atomic E-state index is 11.1. The van der Waals surface area contributed by atoms with Gasteiger partial charge in [-0.2, -0.15) is 0 Å². The third kappa shape index (κ3) is 4.29. The van der Waals surface area contributed by atoms with E-state index >= 15 is 0 Å². The Bertz CT molecular complexity index is 390. The SMILES string of the molecule is CCCC(C)(O)CNc1ccc(C(=O)OC)nn1. The topological polar surface area (TPSA) is 84.3 Å². The Hall–Kier alpha value is -1.69. The molecule has 1 heterocycles. The summed E-state index contributed by atoms with van der Waals surface area (Å²) in [6.45, 7) is 4.16. The third-order valence-electron chi connectivity index (χ3n) is 2.50. The van der Waals surface area contributed by atoms with Crippen molar-refractivity contribution in [3.8, 4) is 0 Å². The number of carbonyl (C=O) groups excluding carboxylic acids is 1. The highest BCUT2D eigenvalue weighted by Crippen LogP contribution is 2.13. The van der Waals surface area contributed by atoms with E-state index in [9.17, 15) is 9.90 Å². The molecule has 1 aromatic heterocycles. The zero-order valence-corrected chi connectivity index (χ0v) is 10.9. The van der Waals surface area contributed by atoms with Gasteiger partial charge in [0, 0.05) is 6.54 Å². The molecule has 1 aromatic rings. The van der Waals surface area contributed by atoms with E-state index in [1.54, 1.807) is 13.0 Å². The Morgan fingerprint density at radius 3 is 2.72 bits per heavy atom. The van der Waals surface area contributed by atoms with Crippen LogP contribution in [-0.4, -0.2) is 40.5 Å². The first kappa shape index (κ1) is 14.4. The summed E-state index contributed by atoms with van der Waals surface area (Å²) in [4.78, 5) is 11.1. The summed E-state index contributed by atoms with van der Waals surface area (Å²) in [6, 6.07) is 3.15. The lowest BCUT2D eigenvalue weighted by Crippen LogP contribution is -2.33. The molecule has 1 atom stereocenters. The van der Waals surface area contributed by atoms with Crippen LogP contribution >= 0.6 is 0 Å². The van der Waals surface area contributed by atoms with Crippen LogP contribution in [-0.2, 0) is 4.74 Å². The monoisotopic (exact) mass is 253 g/mol. The molecule has 18 heavy (non-hydrogen) atoms. The fraction of sp³-hybridized carbons (Fsp3) is 0.583. The number of nitrogens with one attached hydrogen (secondary N) is 1. The van der Waals surface area contributed by atoms with Gasteiger partial charge >= 0.3 is 5.97 Å². The van der Waals surface area contributed by atoms with E-state index in [2.05, 4.69) is 20.3 Å². The zero-order chi connectivity index (χ0) is 13.6. The lowest BCUT2D eigenvalue weighted by molar-refractivity contribution is 0.0590. The van der Waals surface area contributed by atoms with E-state index in [1.165, 1.54) is 13.2 Å². The molecule has 6 heteroatoms. The summed E-state index contributed by atoms with van der Waals surface area (Å²) >= 11 is 0. The Morgan fingerprint density at radius 1 is 1.50 bits per heavy atom. The average molecular weight is 253 g/mol. The second kappa shape index (κ2) is 6.30. The summed E-state index contributed by atoms with van der Waals surface area (Å²) in [6.07, 6.45) is 1.61. The molecule has 0 aliphatic rings. The number of ether oxygens (including phenoxy) is 1. The van der Waals surface area contributed by atoms with Crippen molar-refractivity contribution in [1.82, 2.24) is 10.2 Å². The van der Waals surface area contributed by atoms with Crippen molar-refractivity contribution < 1.29 is 14.6 Å². The number of aliphatic hydroxyl groups is 1. The molecule has 0 radical (unpaired) electrons. The van der Waals surface area contributed by atoms with Crippen LogP contribution < -0.4 is 5.32 Å². The standard InChI is InChI=1S/C12H19N3O3/c1-4-7-12(2,17)8-13-10-6-5-9(14-15-10)11(16)18-3/h5-6,17H,4,7-8H2,1-3H3,(H,13,15). The number of hydrogen-bond acceptors (Lipinski definition) is 6. The van der Waals surface area contributed by atoms with Crippen molar-refractivity contribution in [2.24, 2.45) is 0 Å². The number of methoxy groups -OCH3 is 1. The maximum Gasteiger partial charge on any atom is 0.358 e. The van der Waals surface area contributed by atoms with Crippen LogP contribution in [0, 0.1) is 0 Å². The van der Waals surface area contributed by atoms with Crippen LogP contribution in [0.3, 0.4) is 0 Å². The minimum Gasteiger partial charge on any atom is -0.464 e. The highest BCUT2D eigenvalue weighted by molar-refractivity contribution is 5.86. The summed E-state index contributed by atoms with van der Waals surface area (Å²) in [5, 5.41) is 20.5. The van der Waals surface area contributed by atoms with Gasteiger partial charge in [-0.3, -0.25) is 0 Å². The Balaban J connectivity index is 2.56. The van der Waals surface area contributed by atoms with E-state index in [0.717, 1.165) is 6.42 Å². The molecule has 0 bridgehead atoms. The second-order valence-electron chi connectivity index (χ2n) is 4.40. The normalized spacial score (nSPS) is 13.8. The van der Waals surface area contributed by atoms with Gasteiger partial charge in [0.25, 0.3) is 0 Å². The smallest absolute Gasteiger partial charge is 0.358 e. The van der Waals surface area contributed by atoms with Gasteiger partial charge in [0.1, 0.15) is 5.82 Å². The minimum atomic E-state index is -0.780. The number of esters is 1. The average Bonchev–Trinajstić information content (AvgIpc) is 2.36. The molecule has 0 aliphatic carbocycles. The van der Waals surface area contributed by atoms with Gasteiger partial charge < -0.3 is 15.2 Å². The van der Waals surface area contributed by atoms with E-state index in [0.29, 0.717) is 18.8 Å². The fourth-order valence-electron chi connectivity index (χ4n) is 1.55. The van der Waals surface area contributed by atoms with Crippen LogP contribution in [0.4, 0.5) is 5.82 Å². The molecule has 0 spiro atoms. The Morgan fingerprint density at radius 2 is 2.22 bits per heavy atom. The van der Waals surface area contributed by atoms with Crippen LogP contribution in [0.15, 0.2) is 12.1 Å². The van der Waals surface area contributed by atoms with Crippen molar-refractivity contribution >= 4 is 11.8 Å². The summed E-state index contributed by atoms with van der Waals surface area (Å²) in [5.41, 5.74) is -0.624. The Labute approximate surface area is 106 Å². The molecular formula is C12H19N3O3. The summed E-state index contributed by atoms with van der Waals surface area (Å²) in [7, 11) is 1.29. The number of carbonyl (C=O) groups is 1. The first-order chi connectivity index (χ1) is 8.48. The first-order valence-electron chi connectivity index (χ1n) is 5.87. The lowest BCUT2D eigenvalue weighted by atomic mass is 10.0. The van der Waals surface area contributed by atoms with Crippen LogP contribution in [0.2, 0.25) is 0 Å². The molecule has 100 valence electrons. The summed E-state index contributed by atoms with van der Waals surface area (Å²) < 4.78 is 4.52. The van der Waals surface area contributed by atoms with Gasteiger partial charge in [0.15, 0.2) is 5.69 Å². The molecule has 0 saturated carbocycles. The Kier molecular flexibility index (Phi) is 5.03. The fourth-order valence-corrected chi connectivity index (χ4v) is 1.55. The van der Waals surface area contributed by atoms with E-state index in [1.807, 2.05) is 6.92 Å². The molecular weight excluding hydrogens is 234 g/mol. The molecule has 6 nitrogen and oxygen atoms in total. The number of rotatable bonds is 6. The van der Waals surface area contributed by atoms with Gasteiger partial charge in [0.05, 0.1) is 12.7 Å². The van der Waals surface area contributed by atoms with E-state index in [-0.39, 0.29) is 5.69 Å². The first-order valence-corrected chi connectivity index (χ1v) is 5.87. The largest absolute Gasteiger partial charge is 0.464 e. The molecule has 0 saturated heterocycles. The highest BCUT2D eigenvalue weighted by atomic mass is 16.5. The third-order valence-corrected chi connectivity index (χ3v) is 2.50. The molecule has 2 N–H and O–H groups in total. The van der Waals surface area contributed by atoms with Gasteiger partial charge in [-0.25, -0.2) is 4.79 Å². The lowest BCUT2D eigenvalue weighted by Gasteiger charge is -2.22. The minimum absolute atomic E-state index is 0.156.